The Morgan fingerprint density at radius 2 is 2.22 bits per heavy atom. The molecule has 0 fully saturated rings. The zero-order chi connectivity index (χ0) is 13.4. The van der Waals surface area contributed by atoms with Crippen LogP contribution in [0.2, 0.25) is 0 Å². The zero-order valence-electron chi connectivity index (χ0n) is 11.4. The van der Waals surface area contributed by atoms with Gasteiger partial charge in [-0.05, 0) is 42.5 Å². The molecule has 0 heterocycles. The van der Waals surface area contributed by atoms with Crippen molar-refractivity contribution in [2.75, 3.05) is 18.6 Å². The molecule has 0 spiro atoms. The largest absolute Gasteiger partial charge is 0.504 e. The first-order chi connectivity index (χ1) is 8.67. The van der Waals surface area contributed by atoms with Gasteiger partial charge >= 0.3 is 0 Å². The molecule has 1 unspecified atom stereocenters. The molecule has 0 aliphatic carbocycles. The molecule has 1 atom stereocenters. The van der Waals surface area contributed by atoms with Crippen LogP contribution in [0.25, 0.3) is 0 Å². The lowest BCUT2D eigenvalue weighted by molar-refractivity contribution is 0.372. The number of thioether (sulfide) groups is 1. The molecule has 2 N–H and O–H groups in total. The Bertz CT molecular complexity index is 358. The van der Waals surface area contributed by atoms with Crippen LogP contribution in [0.4, 0.5) is 0 Å². The molecule has 0 aliphatic rings. The molecule has 4 heteroatoms. The Balaban J connectivity index is 2.38. The molecule has 0 saturated carbocycles. The van der Waals surface area contributed by atoms with Crippen LogP contribution in [0.3, 0.4) is 0 Å². The highest BCUT2D eigenvalue weighted by Gasteiger charge is 2.05. The van der Waals surface area contributed by atoms with Gasteiger partial charge in [-0.2, -0.15) is 11.8 Å². The molecule has 18 heavy (non-hydrogen) atoms. The number of hydrogen-bond acceptors (Lipinski definition) is 4. The summed E-state index contributed by atoms with van der Waals surface area (Å²) in [4.78, 5) is 0. The van der Waals surface area contributed by atoms with Crippen molar-refractivity contribution in [2.24, 2.45) is 0 Å². The quantitative estimate of drug-likeness (QED) is 0.712. The Hall–Kier alpha value is -0.870. The third-order valence-electron chi connectivity index (χ3n) is 2.80. The average Bonchev–Trinajstić information content (AvgIpc) is 2.38. The van der Waals surface area contributed by atoms with Gasteiger partial charge in [0.25, 0.3) is 0 Å². The van der Waals surface area contributed by atoms with E-state index in [2.05, 4.69) is 19.2 Å². The van der Waals surface area contributed by atoms with Crippen molar-refractivity contribution >= 4 is 11.8 Å². The second-order valence-electron chi connectivity index (χ2n) is 4.27. The van der Waals surface area contributed by atoms with E-state index in [4.69, 9.17) is 4.74 Å². The van der Waals surface area contributed by atoms with Crippen LogP contribution < -0.4 is 10.1 Å². The van der Waals surface area contributed by atoms with Gasteiger partial charge in [0.05, 0.1) is 7.11 Å². The molecular weight excluding hydrogens is 246 g/mol. The molecule has 1 aromatic carbocycles. The van der Waals surface area contributed by atoms with Gasteiger partial charge in [0, 0.05) is 12.6 Å². The Morgan fingerprint density at radius 1 is 1.44 bits per heavy atom. The number of nitrogens with one attached hydrogen (secondary N) is 1. The number of aromatic hydroxyl groups is 1. The van der Waals surface area contributed by atoms with Crippen molar-refractivity contribution in [3.05, 3.63) is 23.8 Å². The van der Waals surface area contributed by atoms with Gasteiger partial charge < -0.3 is 15.2 Å². The van der Waals surface area contributed by atoms with E-state index in [1.54, 1.807) is 13.2 Å². The minimum absolute atomic E-state index is 0.189. The number of hydrogen-bond donors (Lipinski definition) is 2. The lowest BCUT2D eigenvalue weighted by Gasteiger charge is -2.14. The Kier molecular flexibility index (Phi) is 6.98. The lowest BCUT2D eigenvalue weighted by Crippen LogP contribution is -2.26. The maximum atomic E-state index is 9.51. The van der Waals surface area contributed by atoms with Crippen molar-refractivity contribution in [3.8, 4) is 11.5 Å². The fraction of sp³-hybridized carbons (Fsp3) is 0.571. The SMILES string of the molecule is CCSCCC(C)NCc1ccc(O)c(OC)c1. The van der Waals surface area contributed by atoms with E-state index in [0.29, 0.717) is 11.8 Å². The number of ether oxygens (including phenoxy) is 1. The molecular formula is C14H23NO2S. The highest BCUT2D eigenvalue weighted by Crippen LogP contribution is 2.26. The second kappa shape index (κ2) is 8.27. The summed E-state index contributed by atoms with van der Waals surface area (Å²) in [5.74, 6) is 3.10. The monoisotopic (exact) mass is 269 g/mol. The number of phenols is 1. The summed E-state index contributed by atoms with van der Waals surface area (Å²) in [5.41, 5.74) is 1.12. The molecule has 0 amide bonds. The van der Waals surface area contributed by atoms with Crippen LogP contribution in [0, 0.1) is 0 Å². The van der Waals surface area contributed by atoms with Gasteiger partial charge in [-0.15, -0.1) is 0 Å². The molecule has 0 saturated heterocycles. The van der Waals surface area contributed by atoms with Gasteiger partial charge in [0.2, 0.25) is 0 Å². The van der Waals surface area contributed by atoms with Crippen molar-refractivity contribution in [1.29, 1.82) is 0 Å². The Labute approximate surface area is 114 Å². The van der Waals surface area contributed by atoms with E-state index in [0.717, 1.165) is 12.1 Å². The van der Waals surface area contributed by atoms with Gasteiger partial charge in [-0.3, -0.25) is 0 Å². The molecule has 1 aromatic rings. The molecule has 3 nitrogen and oxygen atoms in total. The molecule has 0 radical (unpaired) electrons. The van der Waals surface area contributed by atoms with Gasteiger partial charge in [-0.25, -0.2) is 0 Å². The van der Waals surface area contributed by atoms with Crippen LogP contribution >= 0.6 is 11.8 Å². The van der Waals surface area contributed by atoms with E-state index >= 15 is 0 Å². The van der Waals surface area contributed by atoms with E-state index in [9.17, 15) is 5.11 Å². The van der Waals surface area contributed by atoms with Gasteiger partial charge in [0.1, 0.15) is 0 Å². The molecule has 0 aromatic heterocycles. The lowest BCUT2D eigenvalue weighted by atomic mass is 10.2. The van der Waals surface area contributed by atoms with Crippen molar-refractivity contribution in [2.45, 2.75) is 32.9 Å². The molecule has 1 rings (SSSR count). The highest BCUT2D eigenvalue weighted by atomic mass is 32.2. The van der Waals surface area contributed by atoms with Crippen LogP contribution in [-0.4, -0.2) is 29.8 Å². The minimum atomic E-state index is 0.189. The second-order valence-corrected chi connectivity index (χ2v) is 5.67. The van der Waals surface area contributed by atoms with Crippen molar-refractivity contribution < 1.29 is 9.84 Å². The molecule has 0 aliphatic heterocycles. The predicted molar refractivity (Wildman–Crippen MR) is 78.6 cm³/mol. The van der Waals surface area contributed by atoms with E-state index in [1.807, 2.05) is 23.9 Å². The smallest absolute Gasteiger partial charge is 0.160 e. The number of methoxy groups -OCH3 is 1. The van der Waals surface area contributed by atoms with Gasteiger partial charge in [-0.1, -0.05) is 13.0 Å². The van der Waals surface area contributed by atoms with Crippen LogP contribution in [-0.2, 0) is 6.54 Å². The maximum absolute atomic E-state index is 9.51. The summed E-state index contributed by atoms with van der Waals surface area (Å²) in [6, 6.07) is 5.96. The van der Waals surface area contributed by atoms with Crippen LogP contribution in [0.5, 0.6) is 11.5 Å². The summed E-state index contributed by atoms with van der Waals surface area (Å²) in [5, 5.41) is 13.0. The normalized spacial score (nSPS) is 12.4. The standard InChI is InChI=1S/C14H23NO2S/c1-4-18-8-7-11(2)15-10-12-5-6-13(16)14(9-12)17-3/h5-6,9,11,15-16H,4,7-8,10H2,1-3H3. The zero-order valence-corrected chi connectivity index (χ0v) is 12.2. The van der Waals surface area contributed by atoms with Crippen molar-refractivity contribution in [3.63, 3.8) is 0 Å². The van der Waals surface area contributed by atoms with E-state index < -0.39 is 0 Å². The van der Waals surface area contributed by atoms with Crippen molar-refractivity contribution in [1.82, 2.24) is 5.32 Å². The molecule has 0 bridgehead atoms. The first kappa shape index (κ1) is 15.2. The average molecular weight is 269 g/mol. The summed E-state index contributed by atoms with van der Waals surface area (Å²) < 4.78 is 5.09. The minimum Gasteiger partial charge on any atom is -0.504 e. The summed E-state index contributed by atoms with van der Waals surface area (Å²) >= 11 is 1.97. The topological polar surface area (TPSA) is 41.5 Å². The fourth-order valence-electron chi connectivity index (χ4n) is 1.63. The van der Waals surface area contributed by atoms with E-state index in [-0.39, 0.29) is 5.75 Å². The fourth-order valence-corrected chi connectivity index (χ4v) is 2.44. The third-order valence-corrected chi connectivity index (χ3v) is 3.73. The number of rotatable bonds is 8. The summed E-state index contributed by atoms with van der Waals surface area (Å²) in [6.07, 6.45) is 1.17. The molecule has 102 valence electrons. The number of phenolic OH excluding ortho intramolecular Hbond substituents is 1. The third kappa shape index (κ3) is 5.19. The predicted octanol–water partition coefficient (Wildman–Crippen LogP) is 3.02. The van der Waals surface area contributed by atoms with Gasteiger partial charge in [0.15, 0.2) is 11.5 Å². The van der Waals surface area contributed by atoms with E-state index in [1.165, 1.54) is 17.9 Å². The number of benzene rings is 1. The highest BCUT2D eigenvalue weighted by molar-refractivity contribution is 7.99. The summed E-state index contributed by atoms with van der Waals surface area (Å²) in [6.45, 7) is 5.19. The first-order valence-electron chi connectivity index (χ1n) is 6.34. The Morgan fingerprint density at radius 3 is 2.89 bits per heavy atom. The summed E-state index contributed by atoms with van der Waals surface area (Å²) in [7, 11) is 1.57. The van der Waals surface area contributed by atoms with Crippen LogP contribution in [0.15, 0.2) is 18.2 Å². The first-order valence-corrected chi connectivity index (χ1v) is 7.49. The maximum Gasteiger partial charge on any atom is 0.160 e. The van der Waals surface area contributed by atoms with Crippen LogP contribution in [0.1, 0.15) is 25.8 Å².